The van der Waals surface area contributed by atoms with Crippen LogP contribution in [0.2, 0.25) is 0 Å². The zero-order valence-corrected chi connectivity index (χ0v) is 16.1. The van der Waals surface area contributed by atoms with Crippen molar-refractivity contribution >= 4 is 28.2 Å². The van der Waals surface area contributed by atoms with Crippen LogP contribution in [0.3, 0.4) is 0 Å². The van der Waals surface area contributed by atoms with Gasteiger partial charge in [-0.3, -0.25) is 9.69 Å². The highest BCUT2D eigenvalue weighted by Gasteiger charge is 2.23. The molecule has 1 fully saturated rings. The number of benzene rings is 1. The average molecular weight is 390 g/mol. The molecule has 0 spiro atoms. The van der Waals surface area contributed by atoms with Gasteiger partial charge in [-0.15, -0.1) is 11.3 Å². The minimum absolute atomic E-state index is 0.144. The molecule has 3 rings (SSSR count). The second-order valence-corrected chi connectivity index (χ2v) is 7.35. The molecule has 0 atom stereocenters. The fourth-order valence-corrected chi connectivity index (χ4v) is 4.16. The molecule has 1 aromatic heterocycles. The predicted molar refractivity (Wildman–Crippen MR) is 105 cm³/mol. The Morgan fingerprint density at radius 3 is 2.56 bits per heavy atom. The summed E-state index contributed by atoms with van der Waals surface area (Å²) >= 11 is 1.27. The summed E-state index contributed by atoms with van der Waals surface area (Å²) in [7, 11) is 0. The Morgan fingerprint density at radius 2 is 1.89 bits per heavy atom. The molecule has 0 radical (unpaired) electrons. The lowest BCUT2D eigenvalue weighted by atomic mass is 10.0. The summed E-state index contributed by atoms with van der Waals surface area (Å²) in [6, 6.07) is 5.91. The van der Waals surface area contributed by atoms with Crippen LogP contribution < -0.4 is 5.32 Å². The number of halogens is 1. The highest BCUT2D eigenvalue weighted by Crippen LogP contribution is 2.36. The van der Waals surface area contributed by atoms with Gasteiger partial charge >= 0.3 is 5.97 Å². The van der Waals surface area contributed by atoms with Crippen LogP contribution in [0.1, 0.15) is 36.5 Å². The van der Waals surface area contributed by atoms with E-state index in [4.69, 9.17) is 4.74 Å². The second kappa shape index (κ2) is 9.10. The molecular formula is C20H23FN2O3S. The SMILES string of the molecule is CCOC(=O)c1c(-c2ccc(F)cc2)csc1NC(=O)CN1CCCCC1. The number of piperidine rings is 1. The number of nitrogens with one attached hydrogen (secondary N) is 1. The van der Waals surface area contributed by atoms with Crippen LogP contribution in [0.4, 0.5) is 9.39 Å². The van der Waals surface area contributed by atoms with E-state index in [1.165, 1.54) is 29.9 Å². The summed E-state index contributed by atoms with van der Waals surface area (Å²) < 4.78 is 18.4. The summed E-state index contributed by atoms with van der Waals surface area (Å²) in [6.45, 7) is 4.12. The Morgan fingerprint density at radius 1 is 1.19 bits per heavy atom. The second-order valence-electron chi connectivity index (χ2n) is 6.47. The Kier molecular flexibility index (Phi) is 6.58. The van der Waals surface area contributed by atoms with Gasteiger partial charge in [-0.25, -0.2) is 9.18 Å². The van der Waals surface area contributed by atoms with Crippen LogP contribution in [-0.2, 0) is 9.53 Å². The molecule has 1 aliphatic rings. The lowest BCUT2D eigenvalue weighted by Gasteiger charge is -2.25. The molecule has 27 heavy (non-hydrogen) atoms. The van der Waals surface area contributed by atoms with Crippen molar-refractivity contribution in [2.24, 2.45) is 0 Å². The van der Waals surface area contributed by atoms with Crippen molar-refractivity contribution in [1.29, 1.82) is 0 Å². The van der Waals surface area contributed by atoms with Crippen molar-refractivity contribution < 1.29 is 18.7 Å². The third-order valence-electron chi connectivity index (χ3n) is 4.49. The van der Waals surface area contributed by atoms with E-state index in [2.05, 4.69) is 10.2 Å². The molecule has 1 saturated heterocycles. The smallest absolute Gasteiger partial charge is 0.341 e. The molecule has 1 aromatic carbocycles. The first-order valence-corrected chi connectivity index (χ1v) is 10.0. The van der Waals surface area contributed by atoms with Gasteiger partial charge in [0.2, 0.25) is 5.91 Å². The number of likely N-dealkylation sites (tertiary alicyclic amines) is 1. The third kappa shape index (κ3) is 4.93. The van der Waals surface area contributed by atoms with E-state index in [0.29, 0.717) is 28.2 Å². The quantitative estimate of drug-likeness (QED) is 0.753. The minimum Gasteiger partial charge on any atom is -0.462 e. The molecule has 1 aliphatic heterocycles. The summed E-state index contributed by atoms with van der Waals surface area (Å²) in [5.74, 6) is -0.983. The van der Waals surface area contributed by atoms with E-state index in [9.17, 15) is 14.0 Å². The molecule has 0 bridgehead atoms. The molecular weight excluding hydrogens is 367 g/mol. The van der Waals surface area contributed by atoms with Gasteiger partial charge in [-0.2, -0.15) is 0 Å². The van der Waals surface area contributed by atoms with Gasteiger partial charge in [0.15, 0.2) is 0 Å². The van der Waals surface area contributed by atoms with E-state index in [-0.39, 0.29) is 18.3 Å². The Hall–Kier alpha value is -2.25. The van der Waals surface area contributed by atoms with Crippen LogP contribution in [-0.4, -0.2) is 43.0 Å². The zero-order valence-electron chi connectivity index (χ0n) is 15.3. The van der Waals surface area contributed by atoms with E-state index in [1.807, 2.05) is 0 Å². The van der Waals surface area contributed by atoms with Gasteiger partial charge in [0, 0.05) is 10.9 Å². The standard InChI is InChI=1S/C20H23FN2O3S/c1-2-26-20(25)18-16(14-6-8-15(21)9-7-14)13-27-19(18)22-17(24)12-23-10-4-3-5-11-23/h6-9,13H,2-5,10-12H2,1H3,(H,22,24). The fourth-order valence-electron chi connectivity index (χ4n) is 3.18. The lowest BCUT2D eigenvalue weighted by molar-refractivity contribution is -0.117. The zero-order chi connectivity index (χ0) is 19.2. The average Bonchev–Trinajstić information content (AvgIpc) is 3.06. The number of carbonyl (C=O) groups is 2. The van der Waals surface area contributed by atoms with Crippen molar-refractivity contribution in [3.8, 4) is 11.1 Å². The monoisotopic (exact) mass is 390 g/mol. The largest absolute Gasteiger partial charge is 0.462 e. The molecule has 7 heteroatoms. The molecule has 0 saturated carbocycles. The van der Waals surface area contributed by atoms with Crippen LogP contribution in [0.15, 0.2) is 29.6 Å². The summed E-state index contributed by atoms with van der Waals surface area (Å²) in [4.78, 5) is 27.1. The normalized spacial score (nSPS) is 14.7. The third-order valence-corrected chi connectivity index (χ3v) is 5.39. The van der Waals surface area contributed by atoms with E-state index < -0.39 is 5.97 Å². The number of anilines is 1. The number of hydrogen-bond acceptors (Lipinski definition) is 5. The number of carbonyl (C=O) groups excluding carboxylic acids is 2. The van der Waals surface area contributed by atoms with Gasteiger partial charge in [-0.05, 0) is 50.6 Å². The Labute approximate surface area is 162 Å². The number of amides is 1. The topological polar surface area (TPSA) is 58.6 Å². The van der Waals surface area contributed by atoms with Crippen molar-refractivity contribution in [3.05, 3.63) is 41.0 Å². The summed E-state index contributed by atoms with van der Waals surface area (Å²) in [5, 5.41) is 5.12. The maximum atomic E-state index is 13.2. The van der Waals surface area contributed by atoms with Gasteiger partial charge in [0.25, 0.3) is 0 Å². The minimum atomic E-state index is -0.494. The molecule has 2 heterocycles. The van der Waals surface area contributed by atoms with Gasteiger partial charge < -0.3 is 10.1 Å². The van der Waals surface area contributed by atoms with Crippen molar-refractivity contribution in [2.75, 3.05) is 31.6 Å². The molecule has 2 aromatic rings. The molecule has 1 amide bonds. The van der Waals surface area contributed by atoms with Gasteiger partial charge in [0.05, 0.1) is 13.2 Å². The highest BCUT2D eigenvalue weighted by molar-refractivity contribution is 7.15. The maximum Gasteiger partial charge on any atom is 0.341 e. The number of hydrogen-bond donors (Lipinski definition) is 1. The van der Waals surface area contributed by atoms with Crippen molar-refractivity contribution in [3.63, 3.8) is 0 Å². The van der Waals surface area contributed by atoms with Crippen molar-refractivity contribution in [2.45, 2.75) is 26.2 Å². The number of esters is 1. The number of thiophene rings is 1. The van der Waals surface area contributed by atoms with E-state index >= 15 is 0 Å². The molecule has 1 N–H and O–H groups in total. The van der Waals surface area contributed by atoms with Crippen LogP contribution in [0, 0.1) is 5.82 Å². The summed E-state index contributed by atoms with van der Waals surface area (Å²) in [6.07, 6.45) is 3.42. The first-order valence-electron chi connectivity index (χ1n) is 9.15. The fraction of sp³-hybridized carbons (Fsp3) is 0.400. The van der Waals surface area contributed by atoms with Gasteiger partial charge in [0.1, 0.15) is 16.4 Å². The molecule has 144 valence electrons. The Bertz CT molecular complexity index is 798. The van der Waals surface area contributed by atoms with Crippen LogP contribution >= 0.6 is 11.3 Å². The first-order chi connectivity index (χ1) is 13.1. The first kappa shape index (κ1) is 19.5. The molecule has 5 nitrogen and oxygen atoms in total. The number of nitrogens with zero attached hydrogens (tertiary/aromatic N) is 1. The Balaban J connectivity index is 1.82. The maximum absolute atomic E-state index is 13.2. The predicted octanol–water partition coefficient (Wildman–Crippen LogP) is 4.16. The van der Waals surface area contributed by atoms with Crippen molar-refractivity contribution in [1.82, 2.24) is 4.90 Å². The van der Waals surface area contributed by atoms with E-state index in [1.54, 1.807) is 24.4 Å². The number of rotatable bonds is 6. The molecule has 0 unspecified atom stereocenters. The lowest BCUT2D eigenvalue weighted by Crippen LogP contribution is -2.36. The van der Waals surface area contributed by atoms with E-state index in [0.717, 1.165) is 25.9 Å². The summed E-state index contributed by atoms with van der Waals surface area (Å²) in [5.41, 5.74) is 1.65. The van der Waals surface area contributed by atoms with Gasteiger partial charge in [-0.1, -0.05) is 18.6 Å². The highest BCUT2D eigenvalue weighted by atomic mass is 32.1. The van der Waals surface area contributed by atoms with Crippen LogP contribution in [0.25, 0.3) is 11.1 Å². The number of ether oxygens (including phenoxy) is 1. The van der Waals surface area contributed by atoms with Crippen LogP contribution in [0.5, 0.6) is 0 Å². The molecule has 0 aliphatic carbocycles.